The molecule has 0 bridgehead atoms. The Kier molecular flexibility index (Phi) is 6.30. The maximum absolute atomic E-state index is 5.66. The molecule has 0 aliphatic carbocycles. The zero-order chi connectivity index (χ0) is 19.0. The molecule has 4 heterocycles. The van der Waals surface area contributed by atoms with Gasteiger partial charge in [0.1, 0.15) is 0 Å². The molecule has 4 aromatic heterocycles. The van der Waals surface area contributed by atoms with Crippen LogP contribution in [0, 0.1) is 0 Å². The lowest BCUT2D eigenvalue weighted by atomic mass is 10.3. The molecule has 0 aliphatic rings. The molecule has 10 heteroatoms. The molecular formula is C18H16N6O2S2. The van der Waals surface area contributed by atoms with Gasteiger partial charge in [-0.1, -0.05) is 23.5 Å². The summed E-state index contributed by atoms with van der Waals surface area (Å²) in [5.74, 6) is 2.85. The topological polar surface area (TPSA) is 104 Å². The van der Waals surface area contributed by atoms with Gasteiger partial charge in [-0.2, -0.15) is 0 Å². The van der Waals surface area contributed by atoms with Crippen molar-refractivity contribution >= 4 is 23.5 Å². The second kappa shape index (κ2) is 9.47. The minimum Gasteiger partial charge on any atom is -0.411 e. The Hall–Kier alpha value is -2.72. The van der Waals surface area contributed by atoms with Gasteiger partial charge in [0.2, 0.25) is 11.8 Å². The first-order valence-corrected chi connectivity index (χ1v) is 10.6. The molecule has 0 aromatic carbocycles. The molecule has 0 aliphatic heterocycles. The van der Waals surface area contributed by atoms with Gasteiger partial charge < -0.3 is 8.83 Å². The van der Waals surface area contributed by atoms with Crippen molar-refractivity contribution in [1.29, 1.82) is 0 Å². The van der Waals surface area contributed by atoms with Crippen LogP contribution < -0.4 is 0 Å². The minimum atomic E-state index is 0.516. The lowest BCUT2D eigenvalue weighted by Gasteiger charge is -1.97. The van der Waals surface area contributed by atoms with Crippen LogP contribution in [0.2, 0.25) is 0 Å². The lowest BCUT2D eigenvalue weighted by Crippen LogP contribution is -1.85. The van der Waals surface area contributed by atoms with E-state index in [9.17, 15) is 0 Å². The Bertz CT molecular complexity index is 912. The number of hydrogen-bond donors (Lipinski definition) is 0. The molecular weight excluding hydrogens is 396 g/mol. The van der Waals surface area contributed by atoms with Gasteiger partial charge in [-0.05, 0) is 37.1 Å². The highest BCUT2D eigenvalue weighted by Crippen LogP contribution is 2.25. The lowest BCUT2D eigenvalue weighted by molar-refractivity contribution is 0.465. The highest BCUT2D eigenvalue weighted by Gasteiger charge is 2.10. The Balaban J connectivity index is 1.16. The summed E-state index contributed by atoms with van der Waals surface area (Å²) in [4.78, 5) is 7.96. The molecule has 0 saturated carbocycles. The van der Waals surface area contributed by atoms with Crippen molar-refractivity contribution in [3.63, 3.8) is 0 Å². The summed E-state index contributed by atoms with van der Waals surface area (Å²) in [7, 11) is 0. The second-order valence-corrected chi connectivity index (χ2v) is 7.71. The average Bonchev–Trinajstić information content (AvgIpc) is 3.42. The van der Waals surface area contributed by atoms with Gasteiger partial charge in [0.25, 0.3) is 10.4 Å². The molecule has 0 spiro atoms. The van der Waals surface area contributed by atoms with Crippen molar-refractivity contribution in [3.05, 3.63) is 49.1 Å². The zero-order valence-corrected chi connectivity index (χ0v) is 16.4. The highest BCUT2D eigenvalue weighted by molar-refractivity contribution is 7.99. The molecule has 8 nitrogen and oxygen atoms in total. The van der Waals surface area contributed by atoms with Crippen LogP contribution in [-0.4, -0.2) is 41.9 Å². The van der Waals surface area contributed by atoms with Gasteiger partial charge in [-0.3, -0.25) is 9.97 Å². The monoisotopic (exact) mass is 412 g/mol. The van der Waals surface area contributed by atoms with Gasteiger partial charge in [-0.25, -0.2) is 0 Å². The van der Waals surface area contributed by atoms with E-state index < -0.39 is 0 Å². The maximum Gasteiger partial charge on any atom is 0.276 e. The van der Waals surface area contributed by atoms with E-state index in [1.807, 2.05) is 24.3 Å². The highest BCUT2D eigenvalue weighted by atomic mass is 32.2. The molecule has 4 aromatic rings. The van der Waals surface area contributed by atoms with Crippen LogP contribution in [0.15, 0.2) is 68.3 Å². The average molecular weight is 413 g/mol. The summed E-state index contributed by atoms with van der Waals surface area (Å²) in [5, 5.41) is 17.4. The molecule has 0 unspecified atom stereocenters. The Morgan fingerprint density at radius 2 is 1.04 bits per heavy atom. The molecule has 0 atom stereocenters. The van der Waals surface area contributed by atoms with Gasteiger partial charge >= 0.3 is 0 Å². The van der Waals surface area contributed by atoms with Crippen LogP contribution in [-0.2, 0) is 0 Å². The summed E-state index contributed by atoms with van der Waals surface area (Å²) in [6.45, 7) is 0. The van der Waals surface area contributed by atoms with Crippen molar-refractivity contribution in [2.75, 3.05) is 11.5 Å². The van der Waals surface area contributed by atoms with Crippen LogP contribution in [0.25, 0.3) is 22.9 Å². The van der Waals surface area contributed by atoms with Gasteiger partial charge in [0.05, 0.1) is 0 Å². The first kappa shape index (κ1) is 18.6. The van der Waals surface area contributed by atoms with Crippen molar-refractivity contribution in [2.24, 2.45) is 0 Å². The standard InChI is InChI=1S/C18H16N6O2S2/c1(11-27-17-23-21-15(25-17)13-3-7-19-8-4-13)2-12-28-18-24-22-16(26-18)14-5-9-20-10-6-14/h3-10H,1-2,11-12H2. The summed E-state index contributed by atoms with van der Waals surface area (Å²) >= 11 is 3.12. The minimum absolute atomic E-state index is 0.516. The first-order valence-electron chi connectivity index (χ1n) is 8.62. The summed E-state index contributed by atoms with van der Waals surface area (Å²) in [5.41, 5.74) is 1.74. The van der Waals surface area contributed by atoms with E-state index in [4.69, 9.17) is 8.83 Å². The zero-order valence-electron chi connectivity index (χ0n) is 14.8. The number of pyridine rings is 2. The van der Waals surface area contributed by atoms with Crippen molar-refractivity contribution in [2.45, 2.75) is 23.3 Å². The fraction of sp³-hybridized carbons (Fsp3) is 0.222. The van der Waals surface area contributed by atoms with Crippen LogP contribution >= 0.6 is 23.5 Å². The van der Waals surface area contributed by atoms with Crippen molar-refractivity contribution in [3.8, 4) is 22.9 Å². The normalized spacial score (nSPS) is 11.0. The summed E-state index contributed by atoms with van der Waals surface area (Å²) in [6, 6.07) is 7.38. The molecule has 0 fully saturated rings. The van der Waals surface area contributed by atoms with Crippen LogP contribution in [0.3, 0.4) is 0 Å². The maximum atomic E-state index is 5.66. The molecule has 0 N–H and O–H groups in total. The fourth-order valence-corrected chi connectivity index (χ4v) is 3.80. The van der Waals surface area contributed by atoms with Gasteiger partial charge in [0, 0.05) is 47.4 Å². The summed E-state index contributed by atoms with van der Waals surface area (Å²) < 4.78 is 11.3. The Morgan fingerprint density at radius 3 is 1.46 bits per heavy atom. The molecule has 0 amide bonds. The number of aromatic nitrogens is 6. The summed E-state index contributed by atoms with van der Waals surface area (Å²) in [6.07, 6.45) is 8.85. The van der Waals surface area contributed by atoms with Crippen LogP contribution in [0.4, 0.5) is 0 Å². The van der Waals surface area contributed by atoms with E-state index in [-0.39, 0.29) is 0 Å². The largest absolute Gasteiger partial charge is 0.411 e. The van der Waals surface area contributed by atoms with Crippen molar-refractivity contribution in [1.82, 2.24) is 30.4 Å². The smallest absolute Gasteiger partial charge is 0.276 e. The quantitative estimate of drug-likeness (QED) is 0.293. The fourth-order valence-electron chi connectivity index (χ4n) is 2.28. The van der Waals surface area contributed by atoms with Gasteiger partial charge in [-0.15, -0.1) is 20.4 Å². The third kappa shape index (κ3) is 4.96. The SMILES string of the molecule is c1cc(-c2nnc(SCCCCSc3nnc(-c4ccncc4)o3)o2)ccn1. The Labute approximate surface area is 169 Å². The van der Waals surface area contributed by atoms with Crippen LogP contribution in [0.1, 0.15) is 12.8 Å². The number of rotatable bonds is 9. The van der Waals surface area contributed by atoms with E-state index in [1.54, 1.807) is 48.3 Å². The van der Waals surface area contributed by atoms with Crippen LogP contribution in [0.5, 0.6) is 0 Å². The molecule has 142 valence electrons. The molecule has 4 rings (SSSR count). The first-order chi connectivity index (χ1) is 13.9. The van der Waals surface area contributed by atoms with E-state index in [0.29, 0.717) is 22.2 Å². The second-order valence-electron chi connectivity index (χ2n) is 5.62. The molecule has 0 radical (unpaired) electrons. The molecule has 0 saturated heterocycles. The number of hydrogen-bond acceptors (Lipinski definition) is 10. The third-order valence-corrected chi connectivity index (χ3v) is 5.47. The predicted molar refractivity (Wildman–Crippen MR) is 106 cm³/mol. The van der Waals surface area contributed by atoms with E-state index >= 15 is 0 Å². The predicted octanol–water partition coefficient (Wildman–Crippen LogP) is 4.24. The van der Waals surface area contributed by atoms with E-state index in [2.05, 4.69) is 30.4 Å². The third-order valence-electron chi connectivity index (χ3n) is 3.66. The van der Waals surface area contributed by atoms with E-state index in [1.165, 1.54) is 0 Å². The molecule has 28 heavy (non-hydrogen) atoms. The van der Waals surface area contributed by atoms with E-state index in [0.717, 1.165) is 35.5 Å². The number of thioether (sulfide) groups is 2. The number of unbranched alkanes of at least 4 members (excludes halogenated alkanes) is 1. The van der Waals surface area contributed by atoms with Crippen molar-refractivity contribution < 1.29 is 8.83 Å². The number of nitrogens with zero attached hydrogens (tertiary/aromatic N) is 6. The van der Waals surface area contributed by atoms with Gasteiger partial charge in [0.15, 0.2) is 0 Å². The Morgan fingerprint density at radius 1 is 0.607 bits per heavy atom.